The van der Waals surface area contributed by atoms with E-state index in [-0.39, 0.29) is 0 Å². The lowest BCUT2D eigenvalue weighted by Crippen LogP contribution is -2.17. The van der Waals surface area contributed by atoms with Crippen molar-refractivity contribution in [2.24, 2.45) is 0 Å². The van der Waals surface area contributed by atoms with Crippen molar-refractivity contribution >= 4 is 22.9 Å². The number of nitrogens with one attached hydrogen (secondary N) is 1. The van der Waals surface area contributed by atoms with Crippen molar-refractivity contribution in [3.63, 3.8) is 0 Å². The molecule has 90 valence electrons. The van der Waals surface area contributed by atoms with Crippen molar-refractivity contribution in [3.05, 3.63) is 56.7 Å². The van der Waals surface area contributed by atoms with Crippen molar-refractivity contribution < 1.29 is 0 Å². The number of hydrogen-bond donors (Lipinski definition) is 1. The normalized spacial score (nSPS) is 12.6. The highest BCUT2D eigenvalue weighted by Gasteiger charge is 2.06. The minimum Gasteiger partial charge on any atom is -0.305 e. The zero-order chi connectivity index (χ0) is 12.3. The molecule has 1 N–H and O–H groups in total. The molecule has 0 saturated heterocycles. The van der Waals surface area contributed by atoms with Crippen LogP contribution in [0, 0.1) is 6.92 Å². The highest BCUT2D eigenvalue weighted by atomic mass is 35.5. The van der Waals surface area contributed by atoms with E-state index in [0.717, 1.165) is 11.6 Å². The molecule has 0 fully saturated rings. The second-order valence-corrected chi connectivity index (χ2v) is 5.60. The molecule has 3 heteroatoms. The van der Waals surface area contributed by atoms with Gasteiger partial charge in [-0.15, -0.1) is 11.3 Å². The number of aryl methyl sites for hydroxylation is 1. The molecule has 0 aliphatic heterocycles. The molecule has 1 aromatic heterocycles. The summed E-state index contributed by atoms with van der Waals surface area (Å²) < 4.78 is 0. The van der Waals surface area contributed by atoms with E-state index in [4.69, 9.17) is 11.6 Å². The number of benzene rings is 1. The van der Waals surface area contributed by atoms with Crippen LogP contribution in [0.2, 0.25) is 5.02 Å². The maximum Gasteiger partial charge on any atom is 0.0408 e. The number of halogens is 1. The van der Waals surface area contributed by atoms with E-state index in [1.807, 2.05) is 12.1 Å². The molecule has 1 nitrogen and oxygen atoms in total. The van der Waals surface area contributed by atoms with Crippen LogP contribution >= 0.6 is 22.9 Å². The van der Waals surface area contributed by atoms with Gasteiger partial charge in [-0.2, -0.15) is 0 Å². The standard InChI is InChI=1S/C14H16ClNS/c1-10-8-13(15)6-5-12(10)9-16-11(2)14-4-3-7-17-14/h3-8,11,16H,9H2,1-2H3/t11-/m1/s1. The van der Waals surface area contributed by atoms with Gasteiger partial charge < -0.3 is 5.32 Å². The van der Waals surface area contributed by atoms with Crippen molar-refractivity contribution in [1.82, 2.24) is 5.32 Å². The largest absolute Gasteiger partial charge is 0.305 e. The third-order valence-corrected chi connectivity index (χ3v) is 4.16. The average molecular weight is 266 g/mol. The Kier molecular flexibility index (Phi) is 4.21. The van der Waals surface area contributed by atoms with Crippen molar-refractivity contribution in [1.29, 1.82) is 0 Å². The van der Waals surface area contributed by atoms with Gasteiger partial charge >= 0.3 is 0 Å². The quantitative estimate of drug-likeness (QED) is 0.855. The molecule has 17 heavy (non-hydrogen) atoms. The summed E-state index contributed by atoms with van der Waals surface area (Å²) in [7, 11) is 0. The van der Waals surface area contributed by atoms with Crippen LogP contribution in [0.15, 0.2) is 35.7 Å². The lowest BCUT2D eigenvalue weighted by Gasteiger charge is -2.13. The first-order valence-electron chi connectivity index (χ1n) is 5.68. The molecule has 1 atom stereocenters. The van der Waals surface area contributed by atoms with Gasteiger partial charge in [-0.3, -0.25) is 0 Å². The minimum absolute atomic E-state index is 0.394. The third-order valence-electron chi connectivity index (χ3n) is 2.87. The molecule has 2 rings (SSSR count). The second-order valence-electron chi connectivity index (χ2n) is 4.19. The molecular formula is C14H16ClNS. The van der Waals surface area contributed by atoms with Gasteiger partial charge in [0.2, 0.25) is 0 Å². The summed E-state index contributed by atoms with van der Waals surface area (Å²) in [6, 6.07) is 10.7. The van der Waals surface area contributed by atoms with E-state index >= 15 is 0 Å². The fourth-order valence-electron chi connectivity index (χ4n) is 1.76. The van der Waals surface area contributed by atoms with E-state index in [1.165, 1.54) is 16.0 Å². The van der Waals surface area contributed by atoms with Crippen LogP contribution in [0.25, 0.3) is 0 Å². The Morgan fingerprint density at radius 3 is 2.82 bits per heavy atom. The van der Waals surface area contributed by atoms with Crippen molar-refractivity contribution in [2.75, 3.05) is 0 Å². The van der Waals surface area contributed by atoms with Gasteiger partial charge in [-0.25, -0.2) is 0 Å². The zero-order valence-corrected chi connectivity index (χ0v) is 11.6. The van der Waals surface area contributed by atoms with Crippen LogP contribution in [0.4, 0.5) is 0 Å². The Morgan fingerprint density at radius 1 is 1.35 bits per heavy atom. The Bertz CT molecular complexity index is 479. The van der Waals surface area contributed by atoms with Gasteiger partial charge in [-0.1, -0.05) is 23.7 Å². The van der Waals surface area contributed by atoms with E-state index in [0.29, 0.717) is 6.04 Å². The topological polar surface area (TPSA) is 12.0 Å². The maximum atomic E-state index is 5.94. The highest BCUT2D eigenvalue weighted by molar-refractivity contribution is 7.10. The molecule has 0 aliphatic carbocycles. The first-order valence-corrected chi connectivity index (χ1v) is 6.94. The Labute approximate surface area is 111 Å². The van der Waals surface area contributed by atoms with Crippen LogP contribution in [0.5, 0.6) is 0 Å². The molecule has 1 aromatic carbocycles. The molecule has 0 amide bonds. The van der Waals surface area contributed by atoms with Crippen LogP contribution in [-0.4, -0.2) is 0 Å². The summed E-state index contributed by atoms with van der Waals surface area (Å²) in [5.41, 5.74) is 2.54. The van der Waals surface area contributed by atoms with Gasteiger partial charge in [0.25, 0.3) is 0 Å². The molecule has 0 spiro atoms. The second kappa shape index (κ2) is 5.67. The van der Waals surface area contributed by atoms with E-state index in [9.17, 15) is 0 Å². The monoisotopic (exact) mass is 265 g/mol. The smallest absolute Gasteiger partial charge is 0.0408 e. The first-order chi connectivity index (χ1) is 8.16. The molecule has 0 aliphatic rings. The summed E-state index contributed by atoms with van der Waals surface area (Å²) in [5.74, 6) is 0. The highest BCUT2D eigenvalue weighted by Crippen LogP contribution is 2.20. The van der Waals surface area contributed by atoms with E-state index in [2.05, 4.69) is 42.7 Å². The Balaban J connectivity index is 1.98. The van der Waals surface area contributed by atoms with Gasteiger partial charge in [-0.05, 0) is 48.6 Å². The predicted molar refractivity (Wildman–Crippen MR) is 75.8 cm³/mol. The van der Waals surface area contributed by atoms with E-state index in [1.54, 1.807) is 11.3 Å². The fourth-order valence-corrected chi connectivity index (χ4v) is 2.74. The molecule has 1 heterocycles. The zero-order valence-electron chi connectivity index (χ0n) is 10.0. The van der Waals surface area contributed by atoms with Gasteiger partial charge in [0.1, 0.15) is 0 Å². The van der Waals surface area contributed by atoms with Gasteiger partial charge in [0.05, 0.1) is 0 Å². The van der Waals surface area contributed by atoms with Crippen molar-refractivity contribution in [3.8, 4) is 0 Å². The summed E-state index contributed by atoms with van der Waals surface area (Å²) in [6.07, 6.45) is 0. The number of rotatable bonds is 4. The fraction of sp³-hybridized carbons (Fsp3) is 0.286. The van der Waals surface area contributed by atoms with Crippen LogP contribution < -0.4 is 5.32 Å². The summed E-state index contributed by atoms with van der Waals surface area (Å²) in [6.45, 7) is 5.16. The summed E-state index contributed by atoms with van der Waals surface area (Å²) in [4.78, 5) is 1.37. The summed E-state index contributed by atoms with van der Waals surface area (Å²) >= 11 is 7.73. The lowest BCUT2D eigenvalue weighted by atomic mass is 10.1. The minimum atomic E-state index is 0.394. The van der Waals surface area contributed by atoms with Crippen LogP contribution in [0.1, 0.15) is 29.0 Å². The number of hydrogen-bond acceptors (Lipinski definition) is 2. The van der Waals surface area contributed by atoms with Crippen molar-refractivity contribution in [2.45, 2.75) is 26.4 Å². The Morgan fingerprint density at radius 2 is 2.18 bits per heavy atom. The average Bonchev–Trinajstić information content (AvgIpc) is 2.81. The first kappa shape index (κ1) is 12.6. The number of thiophene rings is 1. The molecule has 0 radical (unpaired) electrons. The molecule has 2 aromatic rings. The SMILES string of the molecule is Cc1cc(Cl)ccc1CN[C@H](C)c1cccs1. The maximum absolute atomic E-state index is 5.94. The van der Waals surface area contributed by atoms with Gasteiger partial charge in [0, 0.05) is 22.5 Å². The molecule has 0 saturated carbocycles. The van der Waals surface area contributed by atoms with E-state index < -0.39 is 0 Å². The molecule has 0 bridgehead atoms. The van der Waals surface area contributed by atoms with Gasteiger partial charge in [0.15, 0.2) is 0 Å². The summed E-state index contributed by atoms with van der Waals surface area (Å²) in [5, 5.41) is 6.44. The molecule has 0 unspecified atom stereocenters. The van der Waals surface area contributed by atoms with Crippen LogP contribution in [-0.2, 0) is 6.54 Å². The van der Waals surface area contributed by atoms with Crippen LogP contribution in [0.3, 0.4) is 0 Å². The predicted octanol–water partition coefficient (Wildman–Crippen LogP) is 4.56. The molecular weight excluding hydrogens is 250 g/mol. The third kappa shape index (κ3) is 3.32. The Hall–Kier alpha value is -0.830. The lowest BCUT2D eigenvalue weighted by molar-refractivity contribution is 0.581.